The standard InChI is InChI=1S/C18H19BrFN/c1-21-18(16-11-15(20)8-9-17(16)19)14-7-6-12-4-2-3-5-13(12)10-14/h6-11,18,21H,2-5H2,1H3. The summed E-state index contributed by atoms with van der Waals surface area (Å²) in [4.78, 5) is 0. The van der Waals surface area contributed by atoms with Gasteiger partial charge >= 0.3 is 0 Å². The molecule has 0 bridgehead atoms. The van der Waals surface area contributed by atoms with Crippen LogP contribution in [0, 0.1) is 5.82 Å². The highest BCUT2D eigenvalue weighted by molar-refractivity contribution is 9.10. The van der Waals surface area contributed by atoms with Crippen molar-refractivity contribution in [2.45, 2.75) is 31.7 Å². The lowest BCUT2D eigenvalue weighted by Crippen LogP contribution is -2.19. The van der Waals surface area contributed by atoms with Crippen molar-refractivity contribution in [2.24, 2.45) is 0 Å². The average molecular weight is 348 g/mol. The Kier molecular flexibility index (Phi) is 4.41. The third-order valence-electron chi connectivity index (χ3n) is 4.26. The number of fused-ring (bicyclic) bond motifs is 1. The summed E-state index contributed by atoms with van der Waals surface area (Å²) in [5, 5.41) is 3.31. The van der Waals surface area contributed by atoms with E-state index in [4.69, 9.17) is 0 Å². The Hall–Kier alpha value is -1.19. The van der Waals surface area contributed by atoms with Crippen molar-refractivity contribution in [1.29, 1.82) is 0 Å². The van der Waals surface area contributed by atoms with E-state index in [1.807, 2.05) is 7.05 Å². The van der Waals surface area contributed by atoms with Crippen LogP contribution in [-0.2, 0) is 12.8 Å². The summed E-state index contributed by atoms with van der Waals surface area (Å²) in [5.41, 5.74) is 5.06. The summed E-state index contributed by atoms with van der Waals surface area (Å²) in [7, 11) is 1.92. The Bertz CT molecular complexity index is 654. The quantitative estimate of drug-likeness (QED) is 0.842. The average Bonchev–Trinajstić information content (AvgIpc) is 2.51. The van der Waals surface area contributed by atoms with Crippen LogP contribution in [0.25, 0.3) is 0 Å². The van der Waals surface area contributed by atoms with Crippen LogP contribution in [0.15, 0.2) is 40.9 Å². The van der Waals surface area contributed by atoms with E-state index in [2.05, 4.69) is 39.4 Å². The van der Waals surface area contributed by atoms with Crippen LogP contribution in [0.2, 0.25) is 0 Å². The van der Waals surface area contributed by atoms with Crippen LogP contribution >= 0.6 is 15.9 Å². The Balaban J connectivity index is 2.01. The molecule has 1 N–H and O–H groups in total. The van der Waals surface area contributed by atoms with Crippen molar-refractivity contribution < 1.29 is 4.39 Å². The highest BCUT2D eigenvalue weighted by Gasteiger charge is 2.18. The van der Waals surface area contributed by atoms with Gasteiger partial charge in [-0.15, -0.1) is 0 Å². The molecule has 0 fully saturated rings. The minimum Gasteiger partial charge on any atom is -0.309 e. The normalized spacial score (nSPS) is 15.6. The number of hydrogen-bond acceptors (Lipinski definition) is 1. The van der Waals surface area contributed by atoms with E-state index in [1.54, 1.807) is 12.1 Å². The van der Waals surface area contributed by atoms with Crippen LogP contribution in [0.3, 0.4) is 0 Å². The first kappa shape index (κ1) is 14.7. The number of hydrogen-bond donors (Lipinski definition) is 1. The number of benzene rings is 2. The monoisotopic (exact) mass is 347 g/mol. The van der Waals surface area contributed by atoms with Gasteiger partial charge < -0.3 is 5.32 Å². The third kappa shape index (κ3) is 3.04. The molecule has 0 aromatic heterocycles. The molecule has 21 heavy (non-hydrogen) atoms. The molecule has 1 nitrogen and oxygen atoms in total. The second-order valence-corrected chi connectivity index (χ2v) is 6.48. The van der Waals surface area contributed by atoms with E-state index < -0.39 is 0 Å². The number of halogens is 2. The maximum absolute atomic E-state index is 13.6. The maximum atomic E-state index is 13.6. The maximum Gasteiger partial charge on any atom is 0.123 e. The van der Waals surface area contributed by atoms with Crippen molar-refractivity contribution in [1.82, 2.24) is 5.32 Å². The summed E-state index contributed by atoms with van der Waals surface area (Å²) in [5.74, 6) is -0.202. The lowest BCUT2D eigenvalue weighted by Gasteiger charge is -2.22. The lowest BCUT2D eigenvalue weighted by atomic mass is 9.88. The summed E-state index contributed by atoms with van der Waals surface area (Å²) in [6.45, 7) is 0. The highest BCUT2D eigenvalue weighted by Crippen LogP contribution is 2.31. The molecule has 1 aliphatic rings. The van der Waals surface area contributed by atoms with E-state index in [0.717, 1.165) is 16.5 Å². The van der Waals surface area contributed by atoms with E-state index in [1.165, 1.54) is 42.0 Å². The van der Waals surface area contributed by atoms with Gasteiger partial charge in [0.15, 0.2) is 0 Å². The van der Waals surface area contributed by atoms with E-state index in [-0.39, 0.29) is 11.9 Å². The number of aryl methyl sites for hydroxylation is 2. The molecule has 1 atom stereocenters. The SMILES string of the molecule is CNC(c1ccc2c(c1)CCCC2)c1cc(F)ccc1Br. The Morgan fingerprint density at radius 2 is 1.81 bits per heavy atom. The summed E-state index contributed by atoms with van der Waals surface area (Å²) >= 11 is 3.54. The molecule has 0 heterocycles. The molecule has 0 amide bonds. The second-order valence-electron chi connectivity index (χ2n) is 5.62. The topological polar surface area (TPSA) is 12.0 Å². The molecule has 3 rings (SSSR count). The lowest BCUT2D eigenvalue weighted by molar-refractivity contribution is 0.615. The fourth-order valence-electron chi connectivity index (χ4n) is 3.17. The molecule has 0 saturated heterocycles. The molecule has 2 aromatic rings. The summed E-state index contributed by atoms with van der Waals surface area (Å²) in [6, 6.07) is 11.5. The van der Waals surface area contributed by atoms with Crippen molar-refractivity contribution in [3.05, 3.63) is 68.9 Å². The minimum atomic E-state index is -0.202. The van der Waals surface area contributed by atoms with Crippen LogP contribution in [0.5, 0.6) is 0 Å². The molecular formula is C18H19BrFN. The molecule has 0 saturated carbocycles. The van der Waals surface area contributed by atoms with Gasteiger partial charge in [0.05, 0.1) is 6.04 Å². The van der Waals surface area contributed by atoms with Gasteiger partial charge in [0.25, 0.3) is 0 Å². The largest absolute Gasteiger partial charge is 0.309 e. The van der Waals surface area contributed by atoms with E-state index in [9.17, 15) is 4.39 Å². The number of nitrogens with one attached hydrogen (secondary N) is 1. The third-order valence-corrected chi connectivity index (χ3v) is 4.99. The van der Waals surface area contributed by atoms with Crippen molar-refractivity contribution in [3.63, 3.8) is 0 Å². The predicted molar refractivity (Wildman–Crippen MR) is 88.1 cm³/mol. The van der Waals surface area contributed by atoms with Crippen LogP contribution < -0.4 is 5.32 Å². The van der Waals surface area contributed by atoms with E-state index in [0.29, 0.717) is 0 Å². The first-order chi connectivity index (χ1) is 10.2. The molecule has 110 valence electrons. The summed E-state index contributed by atoms with van der Waals surface area (Å²) < 4.78 is 14.5. The minimum absolute atomic E-state index is 0.00213. The molecule has 1 aliphatic carbocycles. The summed E-state index contributed by atoms with van der Waals surface area (Å²) in [6.07, 6.45) is 4.90. The van der Waals surface area contributed by atoms with Crippen molar-refractivity contribution >= 4 is 15.9 Å². The second kappa shape index (κ2) is 6.29. The molecule has 0 spiro atoms. The van der Waals surface area contributed by atoms with Gasteiger partial charge in [-0.2, -0.15) is 0 Å². The zero-order chi connectivity index (χ0) is 14.8. The van der Waals surface area contributed by atoms with Gasteiger partial charge in [0, 0.05) is 4.47 Å². The Morgan fingerprint density at radius 1 is 1.05 bits per heavy atom. The predicted octanol–water partition coefficient (Wildman–Crippen LogP) is 4.78. The van der Waals surface area contributed by atoms with Crippen LogP contribution in [0.4, 0.5) is 4.39 Å². The van der Waals surface area contributed by atoms with Gasteiger partial charge in [0.1, 0.15) is 5.82 Å². The smallest absolute Gasteiger partial charge is 0.123 e. The van der Waals surface area contributed by atoms with Gasteiger partial charge in [-0.1, -0.05) is 34.1 Å². The number of rotatable bonds is 3. The molecule has 3 heteroatoms. The van der Waals surface area contributed by atoms with Gasteiger partial charge in [-0.05, 0) is 73.2 Å². The molecule has 2 aromatic carbocycles. The molecule has 0 aliphatic heterocycles. The van der Waals surface area contributed by atoms with Crippen molar-refractivity contribution in [3.8, 4) is 0 Å². The Labute approximate surface area is 133 Å². The zero-order valence-corrected chi connectivity index (χ0v) is 13.7. The first-order valence-corrected chi connectivity index (χ1v) is 8.22. The van der Waals surface area contributed by atoms with Gasteiger partial charge in [-0.3, -0.25) is 0 Å². The van der Waals surface area contributed by atoms with Crippen LogP contribution in [0.1, 0.15) is 41.1 Å². The highest BCUT2D eigenvalue weighted by atomic mass is 79.9. The fraction of sp³-hybridized carbons (Fsp3) is 0.333. The molecule has 0 radical (unpaired) electrons. The van der Waals surface area contributed by atoms with E-state index >= 15 is 0 Å². The zero-order valence-electron chi connectivity index (χ0n) is 12.1. The van der Waals surface area contributed by atoms with Crippen LogP contribution in [-0.4, -0.2) is 7.05 Å². The fourth-order valence-corrected chi connectivity index (χ4v) is 3.65. The Morgan fingerprint density at radius 3 is 2.57 bits per heavy atom. The molecular weight excluding hydrogens is 329 g/mol. The van der Waals surface area contributed by atoms with Gasteiger partial charge in [0.2, 0.25) is 0 Å². The molecule has 1 unspecified atom stereocenters. The van der Waals surface area contributed by atoms with Gasteiger partial charge in [-0.25, -0.2) is 4.39 Å². The first-order valence-electron chi connectivity index (χ1n) is 7.43. The van der Waals surface area contributed by atoms with Crippen molar-refractivity contribution in [2.75, 3.05) is 7.05 Å².